The molecule has 5 heteroatoms. The van der Waals surface area contributed by atoms with Crippen LogP contribution in [-0.4, -0.2) is 22.6 Å². The Balaban J connectivity index is 1.97. The molecule has 2 N–H and O–H groups in total. The summed E-state index contributed by atoms with van der Waals surface area (Å²) < 4.78 is 0. The summed E-state index contributed by atoms with van der Waals surface area (Å²) in [6, 6.07) is 0. The lowest BCUT2D eigenvalue weighted by molar-refractivity contribution is 0.0702. The summed E-state index contributed by atoms with van der Waals surface area (Å²) in [5.74, 6) is -0.905. The molecule has 0 fully saturated rings. The fourth-order valence-electron chi connectivity index (χ4n) is 1.91. The van der Waals surface area contributed by atoms with Crippen LogP contribution >= 0.6 is 11.3 Å². The summed E-state index contributed by atoms with van der Waals surface area (Å²) in [4.78, 5) is 15.0. The van der Waals surface area contributed by atoms with Gasteiger partial charge >= 0.3 is 5.97 Å². The SMILES string of the molecule is CCCCCCCCCCNc1ncc(C(=O)O)s1. The number of unbranched alkanes of at least 4 members (excludes halogenated alkanes) is 7. The minimum Gasteiger partial charge on any atom is -0.477 e. The van der Waals surface area contributed by atoms with Crippen LogP contribution in [0.4, 0.5) is 5.13 Å². The lowest BCUT2D eigenvalue weighted by Gasteiger charge is -2.03. The largest absolute Gasteiger partial charge is 0.477 e. The molecule has 0 aliphatic heterocycles. The Labute approximate surface area is 119 Å². The molecule has 4 nitrogen and oxygen atoms in total. The highest BCUT2D eigenvalue weighted by Crippen LogP contribution is 2.18. The first-order valence-electron chi connectivity index (χ1n) is 7.17. The van der Waals surface area contributed by atoms with Crippen molar-refractivity contribution in [2.24, 2.45) is 0 Å². The van der Waals surface area contributed by atoms with Gasteiger partial charge in [0.05, 0.1) is 6.20 Å². The van der Waals surface area contributed by atoms with E-state index in [1.807, 2.05) is 0 Å². The molecule has 0 aromatic carbocycles. The van der Waals surface area contributed by atoms with Crippen LogP contribution in [0.2, 0.25) is 0 Å². The highest BCUT2D eigenvalue weighted by Gasteiger charge is 2.07. The maximum Gasteiger partial charge on any atom is 0.347 e. The number of hydrogen-bond donors (Lipinski definition) is 2. The molecule has 0 saturated carbocycles. The van der Waals surface area contributed by atoms with Gasteiger partial charge in [0.2, 0.25) is 0 Å². The van der Waals surface area contributed by atoms with E-state index in [2.05, 4.69) is 17.2 Å². The number of hydrogen-bond acceptors (Lipinski definition) is 4. The van der Waals surface area contributed by atoms with Gasteiger partial charge in [-0.25, -0.2) is 9.78 Å². The highest BCUT2D eigenvalue weighted by atomic mass is 32.1. The quantitative estimate of drug-likeness (QED) is 0.591. The zero-order valence-electron chi connectivity index (χ0n) is 11.7. The lowest BCUT2D eigenvalue weighted by atomic mass is 10.1. The molecule has 0 radical (unpaired) electrons. The topological polar surface area (TPSA) is 62.2 Å². The molecule has 1 rings (SSSR count). The maximum absolute atomic E-state index is 10.7. The average Bonchev–Trinajstić information content (AvgIpc) is 2.86. The Morgan fingerprint density at radius 3 is 2.42 bits per heavy atom. The first-order chi connectivity index (χ1) is 9.24. The molecule has 0 unspecified atom stereocenters. The third kappa shape index (κ3) is 7.15. The lowest BCUT2D eigenvalue weighted by Crippen LogP contribution is -2.00. The minimum atomic E-state index is -0.905. The number of aromatic nitrogens is 1. The normalized spacial score (nSPS) is 10.6. The fraction of sp³-hybridized carbons (Fsp3) is 0.714. The van der Waals surface area contributed by atoms with Gasteiger partial charge < -0.3 is 10.4 Å². The van der Waals surface area contributed by atoms with Gasteiger partial charge in [-0.3, -0.25) is 0 Å². The monoisotopic (exact) mass is 284 g/mol. The van der Waals surface area contributed by atoms with Crippen LogP contribution in [0.25, 0.3) is 0 Å². The number of nitrogens with zero attached hydrogens (tertiary/aromatic N) is 1. The summed E-state index contributed by atoms with van der Waals surface area (Å²) in [6.45, 7) is 3.11. The van der Waals surface area contributed by atoms with Crippen LogP contribution in [0.5, 0.6) is 0 Å². The first kappa shape index (κ1) is 16.0. The minimum absolute atomic E-state index is 0.290. The zero-order chi connectivity index (χ0) is 13.9. The number of nitrogens with one attached hydrogen (secondary N) is 1. The molecule has 1 heterocycles. The van der Waals surface area contributed by atoms with Gasteiger partial charge in [-0.15, -0.1) is 0 Å². The Bertz CT molecular complexity index is 366. The van der Waals surface area contributed by atoms with Crippen molar-refractivity contribution in [1.82, 2.24) is 4.98 Å². The zero-order valence-corrected chi connectivity index (χ0v) is 12.5. The molecule has 1 aromatic heterocycles. The van der Waals surface area contributed by atoms with Gasteiger partial charge in [0.1, 0.15) is 4.88 Å². The molecule has 0 saturated heterocycles. The van der Waals surface area contributed by atoms with Gasteiger partial charge in [0, 0.05) is 6.54 Å². The third-order valence-corrected chi connectivity index (χ3v) is 3.97. The number of rotatable bonds is 11. The number of carboxylic acids is 1. The Morgan fingerprint density at radius 1 is 1.21 bits per heavy atom. The summed E-state index contributed by atoms with van der Waals surface area (Å²) in [6.07, 6.45) is 11.8. The predicted octanol–water partition coefficient (Wildman–Crippen LogP) is 4.39. The average molecular weight is 284 g/mol. The molecule has 0 amide bonds. The van der Waals surface area contributed by atoms with Gasteiger partial charge in [0.25, 0.3) is 0 Å². The van der Waals surface area contributed by atoms with Crippen LogP contribution in [-0.2, 0) is 0 Å². The van der Waals surface area contributed by atoms with Crippen LogP contribution in [0.3, 0.4) is 0 Å². The number of carbonyl (C=O) groups is 1. The molecule has 0 aliphatic carbocycles. The van der Waals surface area contributed by atoms with E-state index >= 15 is 0 Å². The Morgan fingerprint density at radius 2 is 1.84 bits per heavy atom. The molecular weight excluding hydrogens is 260 g/mol. The van der Waals surface area contributed by atoms with Crippen molar-refractivity contribution in [2.75, 3.05) is 11.9 Å². The Hall–Kier alpha value is -1.10. The van der Waals surface area contributed by atoms with Crippen molar-refractivity contribution >= 4 is 22.4 Å². The molecule has 19 heavy (non-hydrogen) atoms. The van der Waals surface area contributed by atoms with Gasteiger partial charge in [-0.2, -0.15) is 0 Å². The van der Waals surface area contributed by atoms with Crippen LogP contribution in [0.15, 0.2) is 6.20 Å². The van der Waals surface area contributed by atoms with E-state index < -0.39 is 5.97 Å². The molecule has 0 atom stereocenters. The third-order valence-electron chi connectivity index (χ3n) is 3.02. The highest BCUT2D eigenvalue weighted by molar-refractivity contribution is 7.17. The van der Waals surface area contributed by atoms with Crippen molar-refractivity contribution < 1.29 is 9.90 Å². The van der Waals surface area contributed by atoms with E-state index in [0.29, 0.717) is 10.0 Å². The smallest absolute Gasteiger partial charge is 0.347 e. The van der Waals surface area contributed by atoms with Crippen LogP contribution in [0.1, 0.15) is 68.0 Å². The predicted molar refractivity (Wildman–Crippen MR) is 80.2 cm³/mol. The van der Waals surface area contributed by atoms with Crippen molar-refractivity contribution in [3.05, 3.63) is 11.1 Å². The van der Waals surface area contributed by atoms with E-state index in [0.717, 1.165) is 13.0 Å². The summed E-state index contributed by atoms with van der Waals surface area (Å²) >= 11 is 1.20. The number of anilines is 1. The molecule has 0 spiro atoms. The Kier molecular flexibility index (Phi) is 8.21. The van der Waals surface area contributed by atoms with E-state index in [1.54, 1.807) is 0 Å². The molecule has 108 valence electrons. The number of carboxylic acid groups (broad SMARTS) is 1. The summed E-state index contributed by atoms with van der Waals surface area (Å²) in [7, 11) is 0. The van der Waals surface area contributed by atoms with Crippen LogP contribution < -0.4 is 5.32 Å². The molecular formula is C14H24N2O2S. The second-order valence-electron chi connectivity index (χ2n) is 4.74. The van der Waals surface area contributed by atoms with Gasteiger partial charge in [-0.05, 0) is 6.42 Å². The molecule has 0 bridgehead atoms. The van der Waals surface area contributed by atoms with Gasteiger partial charge in [-0.1, -0.05) is 63.2 Å². The van der Waals surface area contributed by atoms with Gasteiger partial charge in [0.15, 0.2) is 5.13 Å². The van der Waals surface area contributed by atoms with Crippen molar-refractivity contribution in [3.8, 4) is 0 Å². The number of thiazole rings is 1. The van der Waals surface area contributed by atoms with E-state index in [-0.39, 0.29) is 0 Å². The second-order valence-corrected chi connectivity index (χ2v) is 5.77. The molecule has 1 aromatic rings. The fourth-order valence-corrected chi connectivity index (χ4v) is 2.59. The van der Waals surface area contributed by atoms with E-state index in [9.17, 15) is 4.79 Å². The van der Waals surface area contributed by atoms with E-state index in [4.69, 9.17) is 5.11 Å². The van der Waals surface area contributed by atoms with E-state index in [1.165, 1.54) is 62.5 Å². The van der Waals surface area contributed by atoms with Crippen molar-refractivity contribution in [2.45, 2.75) is 58.3 Å². The van der Waals surface area contributed by atoms with Crippen molar-refractivity contribution in [1.29, 1.82) is 0 Å². The summed E-state index contributed by atoms with van der Waals surface area (Å²) in [5, 5.41) is 12.7. The molecule has 0 aliphatic rings. The first-order valence-corrected chi connectivity index (χ1v) is 7.98. The second kappa shape index (κ2) is 9.78. The summed E-state index contributed by atoms with van der Waals surface area (Å²) in [5.41, 5.74) is 0. The maximum atomic E-state index is 10.7. The number of aromatic carboxylic acids is 1. The van der Waals surface area contributed by atoms with Crippen molar-refractivity contribution in [3.63, 3.8) is 0 Å². The standard InChI is InChI=1S/C14H24N2O2S/c1-2-3-4-5-6-7-8-9-10-15-14-16-11-12(19-14)13(17)18/h11H,2-10H2,1H3,(H,15,16)(H,17,18). The van der Waals surface area contributed by atoms with Crippen LogP contribution in [0, 0.1) is 0 Å².